The van der Waals surface area contributed by atoms with Crippen molar-refractivity contribution in [3.8, 4) is 0 Å². The van der Waals surface area contributed by atoms with Crippen LogP contribution in [-0.2, 0) is 0 Å². The predicted molar refractivity (Wildman–Crippen MR) is 66.6 cm³/mol. The monoisotopic (exact) mass is 202 g/mol. The first-order chi connectivity index (χ1) is 6.57. The van der Waals surface area contributed by atoms with Gasteiger partial charge < -0.3 is 0 Å². The second-order valence-corrected chi connectivity index (χ2v) is 10.2. The molecule has 0 nitrogen and oxygen atoms in total. The highest BCUT2D eigenvalue weighted by Crippen LogP contribution is 2.28. The number of benzene rings is 1. The Hall–Kier alpha value is -0.823. The van der Waals surface area contributed by atoms with E-state index in [0.29, 0.717) is 0 Å². The van der Waals surface area contributed by atoms with Crippen LogP contribution in [0.5, 0.6) is 0 Å². The smallest absolute Gasteiger partial charge is 0.0775 e. The van der Waals surface area contributed by atoms with Crippen molar-refractivity contribution in [1.82, 2.24) is 0 Å². The van der Waals surface area contributed by atoms with Gasteiger partial charge in [-0.25, -0.2) is 0 Å². The SMILES string of the molecule is C[Si](C)(C)c1ccc(C2=CCC2)cc1. The van der Waals surface area contributed by atoms with Crippen LogP contribution in [0.2, 0.25) is 19.6 Å². The van der Waals surface area contributed by atoms with Crippen molar-refractivity contribution in [1.29, 1.82) is 0 Å². The van der Waals surface area contributed by atoms with Gasteiger partial charge in [-0.05, 0) is 24.0 Å². The summed E-state index contributed by atoms with van der Waals surface area (Å²) in [6.45, 7) is 7.18. The fourth-order valence-electron chi connectivity index (χ4n) is 1.74. The van der Waals surface area contributed by atoms with Gasteiger partial charge in [0.15, 0.2) is 0 Å². The second-order valence-electron chi connectivity index (χ2n) is 5.10. The van der Waals surface area contributed by atoms with E-state index in [1.165, 1.54) is 24.0 Å². The third kappa shape index (κ3) is 1.83. The molecule has 0 saturated carbocycles. The summed E-state index contributed by atoms with van der Waals surface area (Å²) in [5.74, 6) is 0. The van der Waals surface area contributed by atoms with Crippen LogP contribution in [-0.4, -0.2) is 8.07 Å². The van der Waals surface area contributed by atoms with Crippen LogP contribution in [0, 0.1) is 0 Å². The summed E-state index contributed by atoms with van der Waals surface area (Å²) in [5, 5.41) is 1.56. The molecule has 1 aliphatic rings. The second kappa shape index (κ2) is 3.39. The number of allylic oxidation sites excluding steroid dienone is 2. The zero-order chi connectivity index (χ0) is 10.2. The van der Waals surface area contributed by atoms with Crippen molar-refractivity contribution < 1.29 is 0 Å². The molecule has 0 fully saturated rings. The predicted octanol–water partition coefficient (Wildman–Crippen LogP) is 3.41. The van der Waals surface area contributed by atoms with E-state index < -0.39 is 8.07 Å². The minimum absolute atomic E-state index is 1.10. The van der Waals surface area contributed by atoms with E-state index in [4.69, 9.17) is 0 Å². The lowest BCUT2D eigenvalue weighted by molar-refractivity contribution is 0.988. The molecule has 14 heavy (non-hydrogen) atoms. The quantitative estimate of drug-likeness (QED) is 0.645. The molecule has 0 spiro atoms. The Morgan fingerprint density at radius 1 is 1.00 bits per heavy atom. The number of rotatable bonds is 2. The van der Waals surface area contributed by atoms with Crippen LogP contribution in [0.25, 0.3) is 5.57 Å². The van der Waals surface area contributed by atoms with Gasteiger partial charge in [-0.3, -0.25) is 0 Å². The third-order valence-electron chi connectivity index (χ3n) is 2.93. The van der Waals surface area contributed by atoms with Gasteiger partial charge >= 0.3 is 0 Å². The van der Waals surface area contributed by atoms with E-state index in [0.717, 1.165) is 0 Å². The molecular formula is C13H18Si. The maximum atomic E-state index is 2.39. The zero-order valence-electron chi connectivity index (χ0n) is 9.30. The van der Waals surface area contributed by atoms with Crippen LogP contribution < -0.4 is 5.19 Å². The van der Waals surface area contributed by atoms with E-state index in [-0.39, 0.29) is 0 Å². The van der Waals surface area contributed by atoms with E-state index in [1.807, 2.05) is 0 Å². The number of hydrogen-bond acceptors (Lipinski definition) is 0. The molecule has 0 unspecified atom stereocenters. The fourth-order valence-corrected chi connectivity index (χ4v) is 2.90. The largest absolute Gasteiger partial charge is 0.0804 e. The molecule has 1 heteroatoms. The average molecular weight is 202 g/mol. The molecule has 1 aromatic rings. The molecule has 0 amide bonds. The zero-order valence-corrected chi connectivity index (χ0v) is 10.3. The van der Waals surface area contributed by atoms with Gasteiger partial charge in [0.25, 0.3) is 0 Å². The van der Waals surface area contributed by atoms with Gasteiger partial charge in [-0.1, -0.05) is 55.2 Å². The maximum absolute atomic E-state index is 2.39. The molecular weight excluding hydrogens is 184 g/mol. The summed E-state index contributed by atoms with van der Waals surface area (Å²) >= 11 is 0. The van der Waals surface area contributed by atoms with Gasteiger partial charge in [0.2, 0.25) is 0 Å². The lowest BCUT2D eigenvalue weighted by Crippen LogP contribution is -2.37. The van der Waals surface area contributed by atoms with Crippen LogP contribution in [0.15, 0.2) is 30.3 Å². The Labute approximate surface area is 87.7 Å². The molecule has 1 aromatic carbocycles. The van der Waals surface area contributed by atoms with Crippen LogP contribution in [0.1, 0.15) is 18.4 Å². The molecule has 0 N–H and O–H groups in total. The van der Waals surface area contributed by atoms with Crippen LogP contribution in [0.4, 0.5) is 0 Å². The number of hydrogen-bond donors (Lipinski definition) is 0. The first kappa shape index (κ1) is 9.72. The Kier molecular flexibility index (Phi) is 2.36. The summed E-state index contributed by atoms with van der Waals surface area (Å²) in [5.41, 5.74) is 2.96. The highest BCUT2D eigenvalue weighted by molar-refractivity contribution is 6.88. The topological polar surface area (TPSA) is 0 Å². The first-order valence-electron chi connectivity index (χ1n) is 5.37. The van der Waals surface area contributed by atoms with Crippen molar-refractivity contribution in [3.05, 3.63) is 35.9 Å². The lowest BCUT2D eigenvalue weighted by Gasteiger charge is -2.19. The van der Waals surface area contributed by atoms with Crippen LogP contribution >= 0.6 is 0 Å². The van der Waals surface area contributed by atoms with Crippen LogP contribution in [0.3, 0.4) is 0 Å². The molecule has 1 aliphatic carbocycles. The van der Waals surface area contributed by atoms with Gasteiger partial charge in [-0.2, -0.15) is 0 Å². The minimum atomic E-state index is -1.10. The highest BCUT2D eigenvalue weighted by Gasteiger charge is 2.16. The highest BCUT2D eigenvalue weighted by atomic mass is 28.3. The van der Waals surface area contributed by atoms with E-state index in [1.54, 1.807) is 5.19 Å². The summed E-state index contributed by atoms with van der Waals surface area (Å²) < 4.78 is 0. The molecule has 74 valence electrons. The van der Waals surface area contributed by atoms with E-state index in [2.05, 4.69) is 50.0 Å². The normalized spacial score (nSPS) is 16.1. The van der Waals surface area contributed by atoms with E-state index in [9.17, 15) is 0 Å². The van der Waals surface area contributed by atoms with Gasteiger partial charge in [-0.15, -0.1) is 0 Å². The summed E-state index contributed by atoms with van der Waals surface area (Å²) in [4.78, 5) is 0. The third-order valence-corrected chi connectivity index (χ3v) is 4.99. The van der Waals surface area contributed by atoms with Gasteiger partial charge in [0.05, 0.1) is 8.07 Å². The Morgan fingerprint density at radius 3 is 1.93 bits per heavy atom. The van der Waals surface area contributed by atoms with Gasteiger partial charge in [0, 0.05) is 0 Å². The molecule has 0 aliphatic heterocycles. The molecule has 2 rings (SSSR count). The summed E-state index contributed by atoms with van der Waals surface area (Å²) in [6.07, 6.45) is 4.88. The average Bonchev–Trinajstić information content (AvgIpc) is 2.00. The summed E-state index contributed by atoms with van der Waals surface area (Å²) in [6, 6.07) is 9.22. The lowest BCUT2D eigenvalue weighted by atomic mass is 9.92. The molecule has 0 saturated heterocycles. The van der Waals surface area contributed by atoms with Crippen molar-refractivity contribution in [3.63, 3.8) is 0 Å². The Morgan fingerprint density at radius 2 is 1.57 bits per heavy atom. The fraction of sp³-hybridized carbons (Fsp3) is 0.385. The van der Waals surface area contributed by atoms with Crippen molar-refractivity contribution in [2.45, 2.75) is 32.5 Å². The minimum Gasteiger partial charge on any atom is -0.0804 e. The summed E-state index contributed by atoms with van der Waals surface area (Å²) in [7, 11) is -1.10. The Balaban J connectivity index is 2.26. The van der Waals surface area contributed by atoms with Crippen molar-refractivity contribution >= 4 is 18.8 Å². The van der Waals surface area contributed by atoms with Crippen molar-refractivity contribution in [2.24, 2.45) is 0 Å². The Bertz CT molecular complexity index is 352. The molecule has 0 atom stereocenters. The first-order valence-corrected chi connectivity index (χ1v) is 8.87. The standard InChI is InChI=1S/C13H18Si/c1-14(2,3)13-9-7-12(8-10-13)11-5-4-6-11/h5,7-10H,4,6H2,1-3H3. The molecule has 0 radical (unpaired) electrons. The van der Waals surface area contributed by atoms with E-state index >= 15 is 0 Å². The van der Waals surface area contributed by atoms with Crippen molar-refractivity contribution in [2.75, 3.05) is 0 Å². The van der Waals surface area contributed by atoms with Gasteiger partial charge in [0.1, 0.15) is 0 Å². The maximum Gasteiger partial charge on any atom is 0.0775 e. The molecule has 0 aromatic heterocycles. The molecule has 0 bridgehead atoms. The molecule has 0 heterocycles.